The van der Waals surface area contributed by atoms with Crippen LogP contribution in [0.2, 0.25) is 0 Å². The normalized spacial score (nSPS) is 22.2. The molecule has 0 atom stereocenters. The van der Waals surface area contributed by atoms with Crippen LogP contribution in [0.15, 0.2) is 48.6 Å². The lowest BCUT2D eigenvalue weighted by molar-refractivity contribution is 0.148. The van der Waals surface area contributed by atoms with Crippen LogP contribution in [0.3, 0.4) is 0 Å². The van der Waals surface area contributed by atoms with Crippen LogP contribution in [0.4, 0.5) is 0 Å². The molecule has 1 aliphatic rings. The zero-order valence-corrected chi connectivity index (χ0v) is 14.8. The van der Waals surface area contributed by atoms with Gasteiger partial charge in [-0.3, -0.25) is 0 Å². The van der Waals surface area contributed by atoms with Gasteiger partial charge in [-0.05, 0) is 61.5 Å². The molecule has 0 spiro atoms. The number of hydrogen-bond acceptors (Lipinski definition) is 1. The Morgan fingerprint density at radius 3 is 2.26 bits per heavy atom. The van der Waals surface area contributed by atoms with Gasteiger partial charge in [0.2, 0.25) is 0 Å². The molecule has 0 saturated heterocycles. The van der Waals surface area contributed by atoms with Gasteiger partial charge in [-0.1, -0.05) is 62.4 Å². The highest BCUT2D eigenvalue weighted by molar-refractivity contribution is 5.25. The second kappa shape index (κ2) is 10.4. The Hall–Kier alpha value is -1.34. The molecule has 0 unspecified atom stereocenters. The fourth-order valence-electron chi connectivity index (χ4n) is 3.34. The van der Waals surface area contributed by atoms with Crippen LogP contribution in [-0.4, -0.2) is 6.61 Å². The highest BCUT2D eigenvalue weighted by Crippen LogP contribution is 2.36. The van der Waals surface area contributed by atoms with Crippen molar-refractivity contribution in [3.63, 3.8) is 0 Å². The zero-order valence-electron chi connectivity index (χ0n) is 14.8. The van der Waals surface area contributed by atoms with Crippen molar-refractivity contribution in [2.45, 2.75) is 64.9 Å². The van der Waals surface area contributed by atoms with E-state index in [-0.39, 0.29) is 0 Å². The van der Waals surface area contributed by atoms with Crippen molar-refractivity contribution < 1.29 is 4.74 Å². The van der Waals surface area contributed by atoms with Gasteiger partial charge in [0.1, 0.15) is 0 Å². The standard InChI is InChI=1S/C22H32O/c1-3-5-7-17-23-18-20-11-15-22(16-12-20)21-13-9-19(10-14-21)8-6-4-2/h5-8,11-12,15-16,19,21H,3-4,9-10,13-14,17-18H2,1-2H3/t19-,21-. The Morgan fingerprint density at radius 1 is 0.913 bits per heavy atom. The molecule has 0 radical (unpaired) electrons. The Morgan fingerprint density at radius 2 is 1.61 bits per heavy atom. The lowest BCUT2D eigenvalue weighted by atomic mass is 9.78. The number of hydrogen-bond donors (Lipinski definition) is 0. The van der Waals surface area contributed by atoms with Gasteiger partial charge in [0.15, 0.2) is 0 Å². The van der Waals surface area contributed by atoms with Gasteiger partial charge in [0.25, 0.3) is 0 Å². The molecule has 1 aromatic carbocycles. The monoisotopic (exact) mass is 312 g/mol. The SMILES string of the molecule is CCC=CCOCc1ccc([C@H]2CC[C@H](C=CCC)CC2)cc1. The lowest BCUT2D eigenvalue weighted by Crippen LogP contribution is -2.11. The number of benzene rings is 1. The number of ether oxygens (including phenoxy) is 1. The van der Waals surface area contributed by atoms with E-state index in [1.165, 1.54) is 36.8 Å². The topological polar surface area (TPSA) is 9.23 Å². The van der Waals surface area contributed by atoms with E-state index in [1.807, 2.05) is 0 Å². The van der Waals surface area contributed by atoms with Crippen LogP contribution in [0.1, 0.15) is 69.4 Å². The van der Waals surface area contributed by atoms with Gasteiger partial charge in [0.05, 0.1) is 13.2 Å². The third-order valence-electron chi connectivity index (χ3n) is 4.75. The van der Waals surface area contributed by atoms with Gasteiger partial charge in [-0.25, -0.2) is 0 Å². The predicted molar refractivity (Wildman–Crippen MR) is 99.7 cm³/mol. The van der Waals surface area contributed by atoms with Crippen LogP contribution < -0.4 is 0 Å². The summed E-state index contributed by atoms with van der Waals surface area (Å²) >= 11 is 0. The van der Waals surface area contributed by atoms with Crippen molar-refractivity contribution in [1.29, 1.82) is 0 Å². The van der Waals surface area contributed by atoms with Crippen LogP contribution in [-0.2, 0) is 11.3 Å². The maximum absolute atomic E-state index is 5.66. The van der Waals surface area contributed by atoms with E-state index in [4.69, 9.17) is 4.74 Å². The first kappa shape index (κ1) is 18.0. The quantitative estimate of drug-likeness (QED) is 0.398. The first-order valence-electron chi connectivity index (χ1n) is 9.31. The Bertz CT molecular complexity index is 475. The van der Waals surface area contributed by atoms with Crippen LogP contribution in [0, 0.1) is 5.92 Å². The van der Waals surface area contributed by atoms with E-state index in [0.29, 0.717) is 13.2 Å². The van der Waals surface area contributed by atoms with Gasteiger partial charge in [-0.2, -0.15) is 0 Å². The van der Waals surface area contributed by atoms with Crippen molar-refractivity contribution >= 4 is 0 Å². The fourth-order valence-corrected chi connectivity index (χ4v) is 3.34. The Kier molecular flexibility index (Phi) is 8.17. The molecule has 2 rings (SSSR count). The van der Waals surface area contributed by atoms with Crippen LogP contribution in [0.5, 0.6) is 0 Å². The first-order chi connectivity index (χ1) is 11.3. The Balaban J connectivity index is 1.77. The zero-order chi connectivity index (χ0) is 16.3. The maximum atomic E-state index is 5.66. The van der Waals surface area contributed by atoms with Gasteiger partial charge in [0, 0.05) is 0 Å². The summed E-state index contributed by atoms with van der Waals surface area (Å²) in [7, 11) is 0. The molecule has 1 saturated carbocycles. The molecule has 0 aromatic heterocycles. The van der Waals surface area contributed by atoms with E-state index in [2.05, 4.69) is 62.4 Å². The molecule has 126 valence electrons. The largest absolute Gasteiger partial charge is 0.373 e. The summed E-state index contributed by atoms with van der Waals surface area (Å²) in [6, 6.07) is 9.10. The van der Waals surface area contributed by atoms with Crippen LogP contribution >= 0.6 is 0 Å². The fraction of sp³-hybridized carbons (Fsp3) is 0.545. The molecule has 1 fully saturated rings. The van der Waals surface area contributed by atoms with Gasteiger partial charge < -0.3 is 4.74 Å². The molecule has 0 aliphatic heterocycles. The van der Waals surface area contributed by atoms with E-state index in [0.717, 1.165) is 24.7 Å². The second-order valence-electron chi connectivity index (χ2n) is 6.58. The average Bonchev–Trinajstić information content (AvgIpc) is 2.61. The molecular formula is C22H32O. The third kappa shape index (κ3) is 6.35. The summed E-state index contributed by atoms with van der Waals surface area (Å²) < 4.78 is 5.66. The molecule has 0 heterocycles. The van der Waals surface area contributed by atoms with Crippen LogP contribution in [0.25, 0.3) is 0 Å². The van der Waals surface area contributed by atoms with Crippen molar-refractivity contribution in [2.75, 3.05) is 6.61 Å². The molecule has 23 heavy (non-hydrogen) atoms. The average molecular weight is 312 g/mol. The van der Waals surface area contributed by atoms with Crippen molar-refractivity contribution in [3.8, 4) is 0 Å². The van der Waals surface area contributed by atoms with Crippen molar-refractivity contribution in [2.24, 2.45) is 5.92 Å². The summed E-state index contributed by atoms with van der Waals surface area (Å²) in [5.41, 5.74) is 2.79. The molecule has 1 heteroatoms. The maximum Gasteiger partial charge on any atom is 0.0721 e. The molecule has 1 aliphatic carbocycles. The second-order valence-corrected chi connectivity index (χ2v) is 6.58. The predicted octanol–water partition coefficient (Wildman–Crippen LogP) is 6.41. The van der Waals surface area contributed by atoms with E-state index < -0.39 is 0 Å². The summed E-state index contributed by atoms with van der Waals surface area (Å²) in [6.45, 7) is 5.78. The highest BCUT2D eigenvalue weighted by atomic mass is 16.5. The van der Waals surface area contributed by atoms with Crippen molar-refractivity contribution in [1.82, 2.24) is 0 Å². The molecule has 0 amide bonds. The highest BCUT2D eigenvalue weighted by Gasteiger charge is 2.20. The summed E-state index contributed by atoms with van der Waals surface area (Å²) in [5.74, 6) is 1.57. The van der Waals surface area contributed by atoms with E-state index in [9.17, 15) is 0 Å². The summed E-state index contributed by atoms with van der Waals surface area (Å²) in [5, 5.41) is 0. The molecular weight excluding hydrogens is 280 g/mol. The van der Waals surface area contributed by atoms with E-state index in [1.54, 1.807) is 0 Å². The molecule has 0 N–H and O–H groups in total. The third-order valence-corrected chi connectivity index (χ3v) is 4.75. The summed E-state index contributed by atoms with van der Waals surface area (Å²) in [4.78, 5) is 0. The summed E-state index contributed by atoms with van der Waals surface area (Å²) in [6.07, 6.45) is 16.6. The van der Waals surface area contributed by atoms with Gasteiger partial charge >= 0.3 is 0 Å². The smallest absolute Gasteiger partial charge is 0.0721 e. The first-order valence-corrected chi connectivity index (χ1v) is 9.31. The molecule has 0 bridgehead atoms. The number of rotatable bonds is 8. The van der Waals surface area contributed by atoms with Crippen molar-refractivity contribution in [3.05, 3.63) is 59.7 Å². The molecule has 1 aromatic rings. The number of allylic oxidation sites excluding steroid dienone is 3. The Labute approximate surface area is 142 Å². The van der Waals surface area contributed by atoms with Gasteiger partial charge in [-0.15, -0.1) is 0 Å². The van der Waals surface area contributed by atoms with E-state index >= 15 is 0 Å². The minimum absolute atomic E-state index is 0.711. The minimum atomic E-state index is 0.711. The minimum Gasteiger partial charge on any atom is -0.373 e. The lowest BCUT2D eigenvalue weighted by Gasteiger charge is -2.27. The molecule has 1 nitrogen and oxygen atoms in total.